The van der Waals surface area contributed by atoms with E-state index in [0.29, 0.717) is 6.07 Å². The van der Waals surface area contributed by atoms with Crippen LogP contribution in [-0.2, 0) is 6.18 Å². The second-order valence-electron chi connectivity index (χ2n) is 3.51. The Bertz CT molecular complexity index is 407. The lowest BCUT2D eigenvalue weighted by atomic mass is 10.0. The molecule has 0 aliphatic rings. The summed E-state index contributed by atoms with van der Waals surface area (Å²) in [5.41, 5.74) is -1.50. The van der Waals surface area contributed by atoms with Crippen LogP contribution in [0.1, 0.15) is 17.2 Å². The van der Waals surface area contributed by atoms with Crippen molar-refractivity contribution in [3.63, 3.8) is 0 Å². The van der Waals surface area contributed by atoms with Gasteiger partial charge in [-0.25, -0.2) is 0 Å². The van der Waals surface area contributed by atoms with Crippen LogP contribution < -0.4 is 5.32 Å². The van der Waals surface area contributed by atoms with Crippen LogP contribution in [0.5, 0.6) is 11.5 Å². The first-order chi connectivity index (χ1) is 7.77. The molecule has 1 aromatic carbocycles. The molecule has 0 saturated carbocycles. The molecule has 0 bridgehead atoms. The van der Waals surface area contributed by atoms with E-state index in [0.717, 1.165) is 6.07 Å². The maximum Gasteiger partial charge on any atom is 0.420 e. The lowest BCUT2D eigenvalue weighted by Crippen LogP contribution is -2.17. The van der Waals surface area contributed by atoms with E-state index in [4.69, 9.17) is 5.11 Å². The van der Waals surface area contributed by atoms with Crippen molar-refractivity contribution < 1.29 is 28.5 Å². The van der Waals surface area contributed by atoms with Gasteiger partial charge in [0.05, 0.1) is 6.10 Å². The first-order valence-corrected chi connectivity index (χ1v) is 4.73. The fourth-order valence-electron chi connectivity index (χ4n) is 1.36. The summed E-state index contributed by atoms with van der Waals surface area (Å²) in [5, 5.41) is 30.4. The highest BCUT2D eigenvalue weighted by atomic mass is 19.4. The Morgan fingerprint density at radius 1 is 1.29 bits per heavy atom. The van der Waals surface area contributed by atoms with Gasteiger partial charge in [0, 0.05) is 6.54 Å². The van der Waals surface area contributed by atoms with Crippen molar-refractivity contribution in [3.05, 3.63) is 23.3 Å². The van der Waals surface area contributed by atoms with Gasteiger partial charge in [-0.3, -0.25) is 0 Å². The zero-order valence-corrected chi connectivity index (χ0v) is 8.91. The van der Waals surface area contributed by atoms with Crippen LogP contribution in [0.25, 0.3) is 0 Å². The van der Waals surface area contributed by atoms with Gasteiger partial charge in [0.25, 0.3) is 0 Å². The summed E-state index contributed by atoms with van der Waals surface area (Å²) in [6, 6.07) is 1.50. The van der Waals surface area contributed by atoms with E-state index >= 15 is 0 Å². The lowest BCUT2D eigenvalue weighted by Gasteiger charge is -2.15. The highest BCUT2D eigenvalue weighted by Gasteiger charge is 2.36. The number of phenols is 2. The van der Waals surface area contributed by atoms with Crippen LogP contribution in [0.4, 0.5) is 13.2 Å². The lowest BCUT2D eigenvalue weighted by molar-refractivity contribution is -0.139. The van der Waals surface area contributed by atoms with Crippen molar-refractivity contribution >= 4 is 0 Å². The Labute approximate surface area is 95.3 Å². The molecule has 0 amide bonds. The van der Waals surface area contributed by atoms with E-state index in [2.05, 4.69) is 5.32 Å². The van der Waals surface area contributed by atoms with E-state index in [1.807, 2.05) is 0 Å². The van der Waals surface area contributed by atoms with E-state index < -0.39 is 29.3 Å². The Morgan fingerprint density at radius 2 is 1.88 bits per heavy atom. The summed E-state index contributed by atoms with van der Waals surface area (Å²) in [4.78, 5) is 0. The molecule has 0 aliphatic carbocycles. The van der Waals surface area contributed by atoms with Crippen LogP contribution in [0, 0.1) is 0 Å². The third-order valence-electron chi connectivity index (χ3n) is 2.20. The Kier molecular flexibility index (Phi) is 3.84. The topological polar surface area (TPSA) is 72.7 Å². The summed E-state index contributed by atoms with van der Waals surface area (Å²) in [6.45, 7) is 0.0293. The average Bonchev–Trinajstić information content (AvgIpc) is 2.20. The molecule has 4 nitrogen and oxygen atoms in total. The minimum atomic E-state index is -4.79. The Morgan fingerprint density at radius 3 is 2.35 bits per heavy atom. The number of aromatic hydroxyl groups is 2. The molecule has 0 unspecified atom stereocenters. The molecule has 0 spiro atoms. The minimum Gasteiger partial charge on any atom is -0.504 e. The first kappa shape index (κ1) is 13.6. The van der Waals surface area contributed by atoms with Gasteiger partial charge in [0.2, 0.25) is 0 Å². The second kappa shape index (κ2) is 4.80. The molecule has 0 aromatic heterocycles. The number of benzene rings is 1. The molecule has 0 radical (unpaired) electrons. The van der Waals surface area contributed by atoms with Gasteiger partial charge in [-0.2, -0.15) is 13.2 Å². The number of hydrogen-bond donors (Lipinski definition) is 4. The zero-order chi connectivity index (χ0) is 13.2. The highest BCUT2D eigenvalue weighted by molar-refractivity contribution is 5.49. The quantitative estimate of drug-likeness (QED) is 0.612. The third-order valence-corrected chi connectivity index (χ3v) is 2.20. The van der Waals surface area contributed by atoms with E-state index in [9.17, 15) is 23.4 Å². The number of aliphatic hydroxyl groups is 1. The Hall–Kier alpha value is -1.47. The van der Waals surface area contributed by atoms with Crippen LogP contribution in [0.3, 0.4) is 0 Å². The van der Waals surface area contributed by atoms with Crippen molar-refractivity contribution in [3.8, 4) is 11.5 Å². The number of nitrogens with one attached hydrogen (secondary N) is 1. The molecule has 4 N–H and O–H groups in total. The molecule has 0 heterocycles. The summed E-state index contributed by atoms with van der Waals surface area (Å²) >= 11 is 0. The predicted octanol–water partition coefficient (Wildman–Crippen LogP) is 1.37. The van der Waals surface area contributed by atoms with E-state index in [1.165, 1.54) is 7.05 Å². The van der Waals surface area contributed by atoms with E-state index in [1.54, 1.807) is 0 Å². The van der Waals surface area contributed by atoms with Crippen molar-refractivity contribution in [1.29, 1.82) is 0 Å². The number of halogens is 3. The highest BCUT2D eigenvalue weighted by Crippen LogP contribution is 2.42. The van der Waals surface area contributed by atoms with Crippen molar-refractivity contribution in [1.82, 2.24) is 5.32 Å². The smallest absolute Gasteiger partial charge is 0.420 e. The molecule has 17 heavy (non-hydrogen) atoms. The molecule has 96 valence electrons. The van der Waals surface area contributed by atoms with Crippen LogP contribution in [0.2, 0.25) is 0 Å². The number of rotatable bonds is 3. The number of hydrogen-bond acceptors (Lipinski definition) is 4. The van der Waals surface area contributed by atoms with Gasteiger partial charge in [-0.15, -0.1) is 0 Å². The summed E-state index contributed by atoms with van der Waals surface area (Å²) in [5.74, 6) is -2.15. The monoisotopic (exact) mass is 251 g/mol. The molecule has 7 heteroatoms. The van der Waals surface area contributed by atoms with Crippen LogP contribution in [0.15, 0.2) is 12.1 Å². The van der Waals surface area contributed by atoms with Gasteiger partial charge in [0.1, 0.15) is 5.56 Å². The summed E-state index contributed by atoms with van der Waals surface area (Å²) in [7, 11) is 1.52. The molecular weight excluding hydrogens is 239 g/mol. The van der Waals surface area contributed by atoms with Gasteiger partial charge in [-0.05, 0) is 24.7 Å². The standard InChI is InChI=1S/C10H12F3NO3/c1-14-4-8(16)5-2-6(10(11,12)13)9(17)7(15)3-5/h2-3,8,14-17H,4H2,1H3/t8-/m0/s1. The van der Waals surface area contributed by atoms with Crippen molar-refractivity contribution in [2.24, 2.45) is 0 Å². The normalized spacial score (nSPS) is 13.7. The van der Waals surface area contributed by atoms with Crippen molar-refractivity contribution in [2.45, 2.75) is 12.3 Å². The fourth-order valence-corrected chi connectivity index (χ4v) is 1.36. The summed E-state index contributed by atoms with van der Waals surface area (Å²) < 4.78 is 37.5. The van der Waals surface area contributed by atoms with Gasteiger partial charge >= 0.3 is 6.18 Å². The first-order valence-electron chi connectivity index (χ1n) is 4.73. The van der Waals surface area contributed by atoms with Gasteiger partial charge < -0.3 is 20.6 Å². The predicted molar refractivity (Wildman–Crippen MR) is 53.7 cm³/mol. The average molecular weight is 251 g/mol. The number of alkyl halides is 3. The maximum absolute atomic E-state index is 12.5. The maximum atomic E-state index is 12.5. The number of aliphatic hydroxyl groups excluding tert-OH is 1. The second-order valence-corrected chi connectivity index (χ2v) is 3.51. The Balaban J connectivity index is 3.24. The largest absolute Gasteiger partial charge is 0.504 e. The number of likely N-dealkylation sites (N-methyl/N-ethyl adjacent to an activating group) is 1. The van der Waals surface area contributed by atoms with Crippen LogP contribution >= 0.6 is 0 Å². The van der Waals surface area contributed by atoms with Gasteiger partial charge in [0.15, 0.2) is 11.5 Å². The minimum absolute atomic E-state index is 0.0293. The van der Waals surface area contributed by atoms with Crippen LogP contribution in [-0.4, -0.2) is 28.9 Å². The van der Waals surface area contributed by atoms with Crippen molar-refractivity contribution in [2.75, 3.05) is 13.6 Å². The fraction of sp³-hybridized carbons (Fsp3) is 0.400. The SMILES string of the molecule is CNC[C@H](O)c1cc(O)c(O)c(C(F)(F)F)c1. The van der Waals surface area contributed by atoms with Gasteiger partial charge in [-0.1, -0.05) is 0 Å². The molecule has 0 saturated heterocycles. The molecule has 0 aliphatic heterocycles. The molecule has 1 atom stereocenters. The molecule has 1 aromatic rings. The molecule has 0 fully saturated rings. The number of phenolic OH excluding ortho intramolecular Hbond substituents is 2. The van der Waals surface area contributed by atoms with E-state index in [-0.39, 0.29) is 12.1 Å². The molecule has 1 rings (SSSR count). The molecular formula is C10H12F3NO3. The zero-order valence-electron chi connectivity index (χ0n) is 8.91. The third kappa shape index (κ3) is 3.01. The summed E-state index contributed by atoms with van der Waals surface area (Å²) in [6.07, 6.45) is -6.00.